The minimum absolute atomic E-state index is 0.0233. The van der Waals surface area contributed by atoms with Gasteiger partial charge in [0.15, 0.2) is 6.10 Å². The van der Waals surface area contributed by atoms with Crippen molar-refractivity contribution in [2.45, 2.75) is 230 Å². The molecule has 14 heteroatoms. The van der Waals surface area contributed by atoms with Gasteiger partial charge in [0.1, 0.15) is 43.2 Å². The van der Waals surface area contributed by atoms with Gasteiger partial charge in [-0.15, -0.1) is 0 Å². The predicted octanol–water partition coefficient (Wildman–Crippen LogP) is 9.56. The first kappa shape index (κ1) is 57.8. The number of hydrogen-bond acceptors (Lipinski definition) is 12. The fourth-order valence-electron chi connectivity index (χ4n) is 7.06. The van der Waals surface area contributed by atoms with Crippen LogP contribution in [0.5, 0.6) is 0 Å². The normalized spacial score (nSPS) is 22.3. The van der Waals surface area contributed by atoms with E-state index in [4.69, 9.17) is 18.5 Å². The molecule has 1 aliphatic rings. The Kier molecular flexibility index (Phi) is 35.5. The Morgan fingerprint density at radius 2 is 0.903 bits per heavy atom. The SMILES string of the molecule is CCCCCCC=CCC=CCC=CCC=CCCC(=O)OC(COC(=O)CCCCCCCCCCCCCCCCCC)COP(=O)(O)OC1C(O)C(O)C(O)C(O)C1O. The van der Waals surface area contributed by atoms with Gasteiger partial charge in [0.25, 0.3) is 0 Å². The molecule has 1 aliphatic carbocycles. The predicted molar refractivity (Wildman–Crippen MR) is 244 cm³/mol. The Morgan fingerprint density at radius 3 is 1.39 bits per heavy atom. The van der Waals surface area contributed by atoms with Crippen LogP contribution in [0.3, 0.4) is 0 Å². The summed E-state index contributed by atoms with van der Waals surface area (Å²) in [7, 11) is -5.14. The van der Waals surface area contributed by atoms with Gasteiger partial charge in [-0.05, 0) is 44.9 Å². The van der Waals surface area contributed by atoms with E-state index in [0.717, 1.165) is 38.5 Å². The molecule has 0 radical (unpaired) electrons. The maximum atomic E-state index is 12.8. The molecule has 0 amide bonds. The van der Waals surface area contributed by atoms with Gasteiger partial charge in [0.2, 0.25) is 0 Å². The van der Waals surface area contributed by atoms with Gasteiger partial charge in [0.05, 0.1) is 6.61 Å². The second-order valence-electron chi connectivity index (χ2n) is 16.6. The summed E-state index contributed by atoms with van der Waals surface area (Å²) in [6, 6.07) is 0. The number of aliphatic hydroxyl groups is 5. The Labute approximate surface area is 373 Å². The number of ether oxygens (including phenoxy) is 2. The van der Waals surface area contributed by atoms with E-state index in [1.54, 1.807) is 0 Å². The van der Waals surface area contributed by atoms with Crippen LogP contribution in [-0.2, 0) is 32.7 Å². The van der Waals surface area contributed by atoms with E-state index >= 15 is 0 Å². The van der Waals surface area contributed by atoms with Crippen LogP contribution in [0.4, 0.5) is 0 Å². The molecule has 0 bridgehead atoms. The second kappa shape index (κ2) is 38.1. The highest BCUT2D eigenvalue weighted by Gasteiger charge is 2.51. The van der Waals surface area contributed by atoms with Gasteiger partial charge in [-0.2, -0.15) is 0 Å². The minimum Gasteiger partial charge on any atom is -0.462 e. The van der Waals surface area contributed by atoms with Gasteiger partial charge < -0.3 is 39.9 Å². The lowest BCUT2D eigenvalue weighted by atomic mass is 9.85. The summed E-state index contributed by atoms with van der Waals surface area (Å²) >= 11 is 0. The first-order valence-corrected chi connectivity index (χ1v) is 25.4. The van der Waals surface area contributed by atoms with Crippen LogP contribution < -0.4 is 0 Å². The first-order chi connectivity index (χ1) is 29.9. The average molecular weight is 901 g/mol. The molecule has 360 valence electrons. The number of rotatable bonds is 39. The third-order valence-electron chi connectivity index (χ3n) is 10.9. The number of carbonyl (C=O) groups excluding carboxylic acids is 2. The van der Waals surface area contributed by atoms with E-state index in [1.807, 2.05) is 18.2 Å². The third kappa shape index (κ3) is 30.0. The summed E-state index contributed by atoms with van der Waals surface area (Å²) < 4.78 is 33.5. The molecule has 6 atom stereocenters. The highest BCUT2D eigenvalue weighted by atomic mass is 31.2. The van der Waals surface area contributed by atoms with E-state index < -0.39 is 75.7 Å². The van der Waals surface area contributed by atoms with E-state index in [2.05, 4.69) is 44.2 Å². The Hall–Kier alpha value is -2.19. The molecule has 0 aliphatic heterocycles. The van der Waals surface area contributed by atoms with E-state index in [1.165, 1.54) is 103 Å². The average Bonchev–Trinajstić information content (AvgIpc) is 3.25. The zero-order chi connectivity index (χ0) is 45.7. The molecular formula is C48H85O13P. The fourth-order valence-corrected chi connectivity index (χ4v) is 8.03. The monoisotopic (exact) mass is 901 g/mol. The molecule has 1 saturated carbocycles. The highest BCUT2D eigenvalue weighted by molar-refractivity contribution is 7.47. The van der Waals surface area contributed by atoms with Crippen LogP contribution in [-0.4, -0.2) is 98.3 Å². The van der Waals surface area contributed by atoms with Crippen molar-refractivity contribution in [3.63, 3.8) is 0 Å². The molecule has 0 heterocycles. The molecule has 62 heavy (non-hydrogen) atoms. The van der Waals surface area contributed by atoms with Crippen molar-refractivity contribution < 1.29 is 63.1 Å². The van der Waals surface area contributed by atoms with Crippen molar-refractivity contribution >= 4 is 19.8 Å². The topological polar surface area (TPSA) is 210 Å². The van der Waals surface area contributed by atoms with Crippen LogP contribution in [0, 0.1) is 0 Å². The third-order valence-corrected chi connectivity index (χ3v) is 11.9. The number of allylic oxidation sites excluding steroid dienone is 8. The van der Waals surface area contributed by atoms with Crippen LogP contribution in [0.25, 0.3) is 0 Å². The number of aliphatic hydroxyl groups excluding tert-OH is 5. The number of esters is 2. The van der Waals surface area contributed by atoms with E-state index in [0.29, 0.717) is 19.3 Å². The molecule has 0 aromatic heterocycles. The van der Waals surface area contributed by atoms with Crippen molar-refractivity contribution in [2.75, 3.05) is 13.2 Å². The Morgan fingerprint density at radius 1 is 0.500 bits per heavy atom. The van der Waals surface area contributed by atoms with Crippen LogP contribution in [0.15, 0.2) is 48.6 Å². The molecule has 0 spiro atoms. The van der Waals surface area contributed by atoms with Crippen LogP contribution >= 0.6 is 7.82 Å². The molecule has 0 aromatic rings. The quantitative estimate of drug-likeness (QED) is 0.0147. The second-order valence-corrected chi connectivity index (χ2v) is 18.0. The standard InChI is InChI=1S/C48H85O13P/c1-3-5-7-9-11-13-15-17-19-21-23-25-27-29-31-33-35-37-42(50)60-40(39-59-62(56,57)61-48-46(54)44(52)43(51)45(53)47(48)55)38-58-41(49)36-34-32-30-28-26-24-22-20-18-16-14-12-10-8-6-4-2/h13,15,19,21,25,27,31,33,40,43-48,51-55H,3-12,14,16-18,20,22-24,26,28-30,32,34-39H2,1-2H3,(H,56,57). The molecular weight excluding hydrogens is 815 g/mol. The van der Waals surface area contributed by atoms with E-state index in [9.17, 15) is 44.6 Å². The van der Waals surface area contributed by atoms with Crippen molar-refractivity contribution in [1.82, 2.24) is 0 Å². The lowest BCUT2D eigenvalue weighted by Gasteiger charge is -2.41. The summed E-state index contributed by atoms with van der Waals surface area (Å²) in [4.78, 5) is 35.7. The lowest BCUT2D eigenvalue weighted by Crippen LogP contribution is -2.64. The zero-order valence-electron chi connectivity index (χ0n) is 38.2. The zero-order valence-corrected chi connectivity index (χ0v) is 39.0. The minimum atomic E-state index is -5.14. The van der Waals surface area contributed by atoms with Gasteiger partial charge in [0, 0.05) is 12.8 Å². The lowest BCUT2D eigenvalue weighted by molar-refractivity contribution is -0.220. The van der Waals surface area contributed by atoms with Crippen molar-refractivity contribution in [3.8, 4) is 0 Å². The summed E-state index contributed by atoms with van der Waals surface area (Å²) in [5.74, 6) is -1.19. The van der Waals surface area contributed by atoms with Crippen molar-refractivity contribution in [1.29, 1.82) is 0 Å². The molecule has 6 unspecified atom stereocenters. The Balaban J connectivity index is 2.49. The molecule has 0 saturated heterocycles. The molecule has 0 aromatic carbocycles. The molecule has 13 nitrogen and oxygen atoms in total. The van der Waals surface area contributed by atoms with Gasteiger partial charge in [-0.3, -0.25) is 18.6 Å². The number of phosphoric ester groups is 1. The summed E-state index contributed by atoms with van der Waals surface area (Å²) in [5.41, 5.74) is 0. The van der Waals surface area contributed by atoms with Gasteiger partial charge >= 0.3 is 19.8 Å². The largest absolute Gasteiger partial charge is 0.472 e. The van der Waals surface area contributed by atoms with Crippen LogP contribution in [0.2, 0.25) is 0 Å². The maximum Gasteiger partial charge on any atom is 0.472 e. The smallest absolute Gasteiger partial charge is 0.462 e. The van der Waals surface area contributed by atoms with E-state index in [-0.39, 0.29) is 12.8 Å². The van der Waals surface area contributed by atoms with Crippen molar-refractivity contribution in [2.24, 2.45) is 0 Å². The highest BCUT2D eigenvalue weighted by Crippen LogP contribution is 2.47. The maximum absolute atomic E-state index is 12.8. The van der Waals surface area contributed by atoms with Crippen molar-refractivity contribution in [3.05, 3.63) is 48.6 Å². The number of phosphoric acid groups is 1. The number of carbonyl (C=O) groups is 2. The van der Waals surface area contributed by atoms with Gasteiger partial charge in [-0.25, -0.2) is 4.57 Å². The number of unbranched alkanes of at least 4 members (excludes halogenated alkanes) is 19. The fraction of sp³-hybridized carbons (Fsp3) is 0.792. The summed E-state index contributed by atoms with van der Waals surface area (Å²) in [5, 5.41) is 50.2. The van der Waals surface area contributed by atoms with Crippen LogP contribution in [0.1, 0.15) is 187 Å². The summed E-state index contributed by atoms with van der Waals surface area (Å²) in [6.45, 7) is 3.23. The van der Waals surface area contributed by atoms with Gasteiger partial charge in [-0.1, -0.05) is 178 Å². The Bertz CT molecular complexity index is 1270. The molecule has 1 rings (SSSR count). The molecule has 6 N–H and O–H groups in total. The number of hydrogen-bond donors (Lipinski definition) is 6. The molecule has 1 fully saturated rings. The summed E-state index contributed by atoms with van der Waals surface area (Å²) in [6.07, 6.45) is 31.8. The first-order valence-electron chi connectivity index (χ1n) is 23.9.